The summed E-state index contributed by atoms with van der Waals surface area (Å²) in [7, 11) is 1.82. The Kier molecular flexibility index (Phi) is 5.66. The molecule has 2 atom stereocenters. The molecule has 0 spiro atoms. The largest absolute Gasteiger partial charge is 0.380 e. The number of methoxy groups -OCH3 is 1. The number of rotatable bonds is 3. The van der Waals surface area contributed by atoms with Crippen LogP contribution in [0.2, 0.25) is 0 Å². The summed E-state index contributed by atoms with van der Waals surface area (Å²) in [6, 6.07) is 0.503. The van der Waals surface area contributed by atoms with Crippen LogP contribution in [-0.4, -0.2) is 25.8 Å². The van der Waals surface area contributed by atoms with Gasteiger partial charge in [-0.05, 0) is 19.8 Å². The SMILES string of the molecule is CC#CCNC1CCCCCC1OC. The van der Waals surface area contributed by atoms with E-state index in [1.165, 1.54) is 32.1 Å². The standard InChI is InChI=1S/C12H21NO/c1-3-4-10-13-11-8-6-5-7-9-12(11)14-2/h11-13H,5-10H2,1-2H3. The van der Waals surface area contributed by atoms with Crippen LogP contribution in [0, 0.1) is 11.8 Å². The zero-order valence-corrected chi connectivity index (χ0v) is 9.31. The van der Waals surface area contributed by atoms with E-state index in [2.05, 4.69) is 17.2 Å². The predicted octanol–water partition coefficient (Wildman–Crippen LogP) is 1.95. The second-order valence-electron chi connectivity index (χ2n) is 3.83. The van der Waals surface area contributed by atoms with Crippen LogP contribution < -0.4 is 5.32 Å². The maximum atomic E-state index is 5.50. The third-order valence-electron chi connectivity index (χ3n) is 2.88. The Bertz CT molecular complexity index is 204. The van der Waals surface area contributed by atoms with Crippen molar-refractivity contribution >= 4 is 0 Å². The molecule has 1 rings (SSSR count). The third-order valence-corrected chi connectivity index (χ3v) is 2.88. The first-order valence-corrected chi connectivity index (χ1v) is 5.54. The lowest BCUT2D eigenvalue weighted by Gasteiger charge is -2.24. The summed E-state index contributed by atoms with van der Waals surface area (Å²) in [5.41, 5.74) is 0. The number of nitrogens with one attached hydrogen (secondary N) is 1. The normalized spacial score (nSPS) is 27.6. The molecule has 1 saturated carbocycles. The molecular weight excluding hydrogens is 174 g/mol. The maximum absolute atomic E-state index is 5.50. The zero-order chi connectivity index (χ0) is 10.2. The average molecular weight is 195 g/mol. The fraction of sp³-hybridized carbons (Fsp3) is 0.833. The minimum atomic E-state index is 0.385. The van der Waals surface area contributed by atoms with Crippen molar-refractivity contribution in [2.45, 2.75) is 51.2 Å². The fourth-order valence-electron chi connectivity index (χ4n) is 2.06. The summed E-state index contributed by atoms with van der Waals surface area (Å²) in [6.45, 7) is 2.67. The zero-order valence-electron chi connectivity index (χ0n) is 9.31. The van der Waals surface area contributed by atoms with Crippen molar-refractivity contribution in [3.05, 3.63) is 0 Å². The van der Waals surface area contributed by atoms with Gasteiger partial charge < -0.3 is 10.1 Å². The molecular formula is C12H21NO. The lowest BCUT2D eigenvalue weighted by atomic mass is 10.1. The van der Waals surface area contributed by atoms with Crippen molar-refractivity contribution in [3.8, 4) is 11.8 Å². The van der Waals surface area contributed by atoms with Crippen LogP contribution in [0.3, 0.4) is 0 Å². The van der Waals surface area contributed by atoms with Gasteiger partial charge in [-0.1, -0.05) is 25.2 Å². The van der Waals surface area contributed by atoms with Crippen LogP contribution in [0.1, 0.15) is 39.0 Å². The molecule has 0 aliphatic heterocycles. The predicted molar refractivity (Wildman–Crippen MR) is 59.1 cm³/mol. The lowest BCUT2D eigenvalue weighted by Crippen LogP contribution is -2.40. The van der Waals surface area contributed by atoms with Gasteiger partial charge in [0.25, 0.3) is 0 Å². The first-order valence-electron chi connectivity index (χ1n) is 5.54. The van der Waals surface area contributed by atoms with Crippen LogP contribution in [0.15, 0.2) is 0 Å². The third kappa shape index (κ3) is 3.69. The molecule has 0 aromatic rings. The molecule has 1 aliphatic carbocycles. The number of hydrogen-bond donors (Lipinski definition) is 1. The van der Waals surface area contributed by atoms with Gasteiger partial charge in [0.2, 0.25) is 0 Å². The lowest BCUT2D eigenvalue weighted by molar-refractivity contribution is 0.0645. The van der Waals surface area contributed by atoms with Gasteiger partial charge in [0.15, 0.2) is 0 Å². The molecule has 0 saturated heterocycles. The molecule has 2 nitrogen and oxygen atoms in total. The summed E-state index contributed by atoms with van der Waals surface area (Å²) >= 11 is 0. The van der Waals surface area contributed by atoms with E-state index < -0.39 is 0 Å². The topological polar surface area (TPSA) is 21.3 Å². The molecule has 14 heavy (non-hydrogen) atoms. The van der Waals surface area contributed by atoms with Crippen molar-refractivity contribution < 1.29 is 4.74 Å². The van der Waals surface area contributed by atoms with Crippen molar-refractivity contribution in [2.24, 2.45) is 0 Å². The van der Waals surface area contributed by atoms with Gasteiger partial charge in [-0.25, -0.2) is 0 Å². The van der Waals surface area contributed by atoms with E-state index in [0.29, 0.717) is 12.1 Å². The molecule has 2 unspecified atom stereocenters. The molecule has 1 fully saturated rings. The Morgan fingerprint density at radius 3 is 2.79 bits per heavy atom. The maximum Gasteiger partial charge on any atom is 0.0724 e. The van der Waals surface area contributed by atoms with Gasteiger partial charge >= 0.3 is 0 Å². The Labute approximate surface area is 87.4 Å². The molecule has 0 aromatic heterocycles. The molecule has 80 valence electrons. The fourth-order valence-corrected chi connectivity index (χ4v) is 2.06. The minimum absolute atomic E-state index is 0.385. The van der Waals surface area contributed by atoms with Gasteiger partial charge in [0.05, 0.1) is 12.6 Å². The van der Waals surface area contributed by atoms with Crippen molar-refractivity contribution in [2.75, 3.05) is 13.7 Å². The Hall–Kier alpha value is -0.520. The molecule has 0 heterocycles. The molecule has 0 aromatic carbocycles. The van der Waals surface area contributed by atoms with E-state index in [4.69, 9.17) is 4.74 Å². The van der Waals surface area contributed by atoms with Crippen molar-refractivity contribution in [1.82, 2.24) is 5.32 Å². The summed E-state index contributed by atoms with van der Waals surface area (Å²) in [5.74, 6) is 5.95. The van der Waals surface area contributed by atoms with Crippen molar-refractivity contribution in [1.29, 1.82) is 0 Å². The first kappa shape index (κ1) is 11.6. The molecule has 2 heteroatoms. The highest BCUT2D eigenvalue weighted by molar-refractivity contribution is 4.98. The van der Waals surface area contributed by atoms with Gasteiger partial charge in [-0.2, -0.15) is 0 Å². The minimum Gasteiger partial charge on any atom is -0.380 e. The van der Waals surface area contributed by atoms with Gasteiger partial charge in [-0.15, -0.1) is 5.92 Å². The van der Waals surface area contributed by atoms with E-state index in [1.54, 1.807) is 0 Å². The molecule has 1 N–H and O–H groups in total. The summed E-state index contributed by atoms with van der Waals surface area (Å²) in [4.78, 5) is 0. The second-order valence-corrected chi connectivity index (χ2v) is 3.83. The van der Waals surface area contributed by atoms with Crippen LogP contribution in [0.5, 0.6) is 0 Å². The van der Waals surface area contributed by atoms with Crippen molar-refractivity contribution in [3.63, 3.8) is 0 Å². The van der Waals surface area contributed by atoms with Crippen LogP contribution in [-0.2, 0) is 4.74 Å². The molecule has 1 aliphatic rings. The highest BCUT2D eigenvalue weighted by Crippen LogP contribution is 2.19. The molecule has 0 bridgehead atoms. The van der Waals surface area contributed by atoms with Crippen LogP contribution in [0.4, 0.5) is 0 Å². The molecule has 0 radical (unpaired) electrons. The highest BCUT2D eigenvalue weighted by atomic mass is 16.5. The Balaban J connectivity index is 2.38. The summed E-state index contributed by atoms with van der Waals surface area (Å²) in [6.07, 6.45) is 6.76. The number of ether oxygens (including phenoxy) is 1. The Morgan fingerprint density at radius 2 is 2.07 bits per heavy atom. The monoisotopic (exact) mass is 195 g/mol. The number of hydrogen-bond acceptors (Lipinski definition) is 2. The smallest absolute Gasteiger partial charge is 0.0724 e. The molecule has 0 amide bonds. The second kappa shape index (κ2) is 6.86. The van der Waals surface area contributed by atoms with Gasteiger partial charge in [0.1, 0.15) is 0 Å². The van der Waals surface area contributed by atoms with Crippen LogP contribution >= 0.6 is 0 Å². The van der Waals surface area contributed by atoms with E-state index in [0.717, 1.165) is 6.54 Å². The van der Waals surface area contributed by atoms with E-state index in [1.807, 2.05) is 14.0 Å². The van der Waals surface area contributed by atoms with E-state index >= 15 is 0 Å². The quantitative estimate of drug-likeness (QED) is 0.549. The van der Waals surface area contributed by atoms with E-state index in [-0.39, 0.29) is 0 Å². The van der Waals surface area contributed by atoms with E-state index in [9.17, 15) is 0 Å². The summed E-state index contributed by atoms with van der Waals surface area (Å²) < 4.78 is 5.50. The average Bonchev–Trinajstić information content (AvgIpc) is 2.43. The van der Waals surface area contributed by atoms with Gasteiger partial charge in [-0.3, -0.25) is 0 Å². The first-order chi connectivity index (χ1) is 6.88. The van der Waals surface area contributed by atoms with Crippen LogP contribution in [0.25, 0.3) is 0 Å². The Morgan fingerprint density at radius 1 is 1.29 bits per heavy atom. The van der Waals surface area contributed by atoms with Gasteiger partial charge in [0, 0.05) is 13.2 Å². The highest BCUT2D eigenvalue weighted by Gasteiger charge is 2.22. The summed E-state index contributed by atoms with van der Waals surface area (Å²) in [5, 5.41) is 3.46.